The first kappa shape index (κ1) is 16.8. The summed E-state index contributed by atoms with van der Waals surface area (Å²) >= 11 is 6.72. The van der Waals surface area contributed by atoms with Gasteiger partial charge in [-0.1, -0.05) is 24.0 Å². The van der Waals surface area contributed by atoms with Crippen molar-refractivity contribution in [1.82, 2.24) is 10.2 Å². The quantitative estimate of drug-likeness (QED) is 0.848. The first-order valence-corrected chi connectivity index (χ1v) is 8.06. The molecule has 1 unspecified atom stereocenters. The SMILES string of the molecule is CCOC(=O)NC1C(=O)N(Cc2ccoc2)C(=S)SC1(C)C. The molecule has 0 saturated carbocycles. The van der Waals surface area contributed by atoms with Crippen molar-refractivity contribution >= 4 is 40.3 Å². The highest BCUT2D eigenvalue weighted by atomic mass is 32.2. The minimum Gasteiger partial charge on any atom is -0.472 e. The standard InChI is InChI=1S/C14H18N2O4S2/c1-4-20-12(18)15-10-11(17)16(7-9-5-6-19-8-9)13(21)22-14(10,2)3/h5-6,8,10H,4,7H2,1-3H3,(H,15,18). The smallest absolute Gasteiger partial charge is 0.407 e. The molecule has 0 aliphatic carbocycles. The van der Waals surface area contributed by atoms with Crippen molar-refractivity contribution in [3.05, 3.63) is 24.2 Å². The summed E-state index contributed by atoms with van der Waals surface area (Å²) in [6, 6.07) is 1.06. The lowest BCUT2D eigenvalue weighted by Gasteiger charge is -2.42. The summed E-state index contributed by atoms with van der Waals surface area (Å²) in [4.78, 5) is 25.9. The number of thiocarbonyl (C=S) groups is 1. The van der Waals surface area contributed by atoms with Crippen LogP contribution in [-0.2, 0) is 16.1 Å². The molecule has 0 radical (unpaired) electrons. The first-order chi connectivity index (χ1) is 10.3. The van der Waals surface area contributed by atoms with Crippen molar-refractivity contribution in [2.45, 2.75) is 38.1 Å². The van der Waals surface area contributed by atoms with Crippen LogP contribution in [0.3, 0.4) is 0 Å². The summed E-state index contributed by atoms with van der Waals surface area (Å²) in [5.41, 5.74) is 0.839. The highest BCUT2D eigenvalue weighted by Crippen LogP contribution is 2.37. The average molecular weight is 342 g/mol. The third-order valence-electron chi connectivity index (χ3n) is 3.24. The minimum atomic E-state index is -0.713. The number of furan rings is 1. The Morgan fingerprint density at radius 1 is 1.59 bits per heavy atom. The maximum Gasteiger partial charge on any atom is 0.407 e. The summed E-state index contributed by atoms with van der Waals surface area (Å²) in [6.45, 7) is 6.01. The van der Waals surface area contributed by atoms with Gasteiger partial charge < -0.3 is 14.5 Å². The molecule has 2 rings (SSSR count). The Labute approximate surface area is 138 Å². The Morgan fingerprint density at radius 3 is 2.91 bits per heavy atom. The summed E-state index contributed by atoms with van der Waals surface area (Å²) in [5, 5.41) is 2.63. The van der Waals surface area contributed by atoms with Gasteiger partial charge in [-0.05, 0) is 26.8 Å². The number of hydrogen-bond acceptors (Lipinski definition) is 6. The molecule has 1 aromatic rings. The van der Waals surface area contributed by atoms with Crippen LogP contribution in [0, 0.1) is 0 Å². The van der Waals surface area contributed by atoms with Crippen LogP contribution in [0.15, 0.2) is 23.0 Å². The third kappa shape index (κ3) is 3.61. The van der Waals surface area contributed by atoms with Gasteiger partial charge >= 0.3 is 6.09 Å². The number of nitrogens with one attached hydrogen (secondary N) is 1. The molecule has 1 aromatic heterocycles. The number of hydrogen-bond donors (Lipinski definition) is 1. The zero-order valence-electron chi connectivity index (χ0n) is 12.6. The van der Waals surface area contributed by atoms with E-state index in [2.05, 4.69) is 5.32 Å². The lowest BCUT2D eigenvalue weighted by molar-refractivity contribution is -0.130. The van der Waals surface area contributed by atoms with Gasteiger partial charge in [0.25, 0.3) is 5.91 Å². The van der Waals surface area contributed by atoms with Crippen molar-refractivity contribution in [3.63, 3.8) is 0 Å². The van der Waals surface area contributed by atoms with Crippen LogP contribution in [0.25, 0.3) is 0 Å². The molecule has 0 aromatic carbocycles. The van der Waals surface area contributed by atoms with Crippen molar-refractivity contribution < 1.29 is 18.7 Å². The molecule has 1 atom stereocenters. The lowest BCUT2D eigenvalue weighted by atomic mass is 10.0. The van der Waals surface area contributed by atoms with E-state index in [1.165, 1.54) is 22.9 Å². The number of carbonyl (C=O) groups excluding carboxylic acids is 2. The van der Waals surface area contributed by atoms with E-state index in [4.69, 9.17) is 21.4 Å². The van der Waals surface area contributed by atoms with Crippen LogP contribution < -0.4 is 5.32 Å². The number of carbonyl (C=O) groups is 2. The van der Waals surface area contributed by atoms with Gasteiger partial charge in [0.15, 0.2) is 0 Å². The first-order valence-electron chi connectivity index (χ1n) is 6.84. The predicted molar refractivity (Wildman–Crippen MR) is 87.5 cm³/mol. The molecular formula is C14H18N2O4S2. The number of thioether (sulfide) groups is 1. The van der Waals surface area contributed by atoms with Gasteiger partial charge in [0.2, 0.25) is 0 Å². The summed E-state index contributed by atoms with van der Waals surface area (Å²) in [5.74, 6) is -0.247. The zero-order chi connectivity index (χ0) is 16.3. The van der Waals surface area contributed by atoms with E-state index in [0.717, 1.165) is 5.56 Å². The highest BCUT2D eigenvalue weighted by molar-refractivity contribution is 8.24. The molecule has 1 aliphatic heterocycles. The molecule has 0 spiro atoms. The van der Waals surface area contributed by atoms with Crippen molar-refractivity contribution in [2.75, 3.05) is 6.61 Å². The fourth-order valence-electron chi connectivity index (χ4n) is 2.12. The van der Waals surface area contributed by atoms with Crippen molar-refractivity contribution in [2.24, 2.45) is 0 Å². The third-order valence-corrected chi connectivity index (χ3v) is 4.86. The Hall–Kier alpha value is -1.54. The Bertz CT molecular complexity index is 571. The summed E-state index contributed by atoms with van der Waals surface area (Å²) in [7, 11) is 0. The molecule has 1 aliphatic rings. The fourth-order valence-corrected chi connectivity index (χ4v) is 3.91. The molecule has 2 amide bonds. The molecule has 22 heavy (non-hydrogen) atoms. The summed E-state index contributed by atoms with van der Waals surface area (Å²) < 4.78 is 9.83. The maximum atomic E-state index is 12.7. The topological polar surface area (TPSA) is 71.8 Å². The van der Waals surface area contributed by atoms with Crippen molar-refractivity contribution in [3.8, 4) is 0 Å². The number of rotatable bonds is 4. The lowest BCUT2D eigenvalue weighted by Crippen LogP contribution is -2.62. The van der Waals surface area contributed by atoms with Gasteiger partial charge in [0.1, 0.15) is 10.4 Å². The molecule has 8 heteroatoms. The van der Waals surface area contributed by atoms with Crippen LogP contribution in [0.5, 0.6) is 0 Å². The maximum absolute atomic E-state index is 12.7. The second-order valence-electron chi connectivity index (χ2n) is 5.33. The van der Waals surface area contributed by atoms with Crippen LogP contribution in [0.2, 0.25) is 0 Å². The van der Waals surface area contributed by atoms with E-state index < -0.39 is 16.9 Å². The van der Waals surface area contributed by atoms with Crippen LogP contribution >= 0.6 is 24.0 Å². The molecule has 120 valence electrons. The number of ether oxygens (including phenoxy) is 1. The molecule has 1 saturated heterocycles. The largest absolute Gasteiger partial charge is 0.472 e. The zero-order valence-corrected chi connectivity index (χ0v) is 14.3. The molecule has 1 N–H and O–H groups in total. The van der Waals surface area contributed by atoms with E-state index in [-0.39, 0.29) is 12.5 Å². The molecular weight excluding hydrogens is 324 g/mol. The predicted octanol–water partition coefficient (Wildman–Crippen LogP) is 2.53. The Kier molecular flexibility index (Phi) is 5.12. The van der Waals surface area contributed by atoms with Gasteiger partial charge in [-0.2, -0.15) is 0 Å². The van der Waals surface area contributed by atoms with Crippen molar-refractivity contribution in [1.29, 1.82) is 0 Å². The van der Waals surface area contributed by atoms with Gasteiger partial charge in [0, 0.05) is 10.3 Å². The second kappa shape index (κ2) is 6.70. The van der Waals surface area contributed by atoms with Crippen LogP contribution in [0.1, 0.15) is 26.3 Å². The fraction of sp³-hybridized carbons (Fsp3) is 0.500. The Balaban J connectivity index is 2.18. The molecule has 0 bridgehead atoms. The second-order valence-corrected chi connectivity index (χ2v) is 7.61. The van der Waals surface area contributed by atoms with E-state index in [1.807, 2.05) is 13.8 Å². The monoisotopic (exact) mass is 342 g/mol. The molecule has 6 nitrogen and oxygen atoms in total. The van der Waals surface area contributed by atoms with E-state index >= 15 is 0 Å². The number of alkyl carbamates (subject to hydrolysis) is 1. The van der Waals surface area contributed by atoms with Crippen LogP contribution in [-0.4, -0.2) is 38.6 Å². The van der Waals surface area contributed by atoms with Gasteiger partial charge in [-0.25, -0.2) is 4.79 Å². The number of amides is 2. The Morgan fingerprint density at radius 2 is 2.32 bits per heavy atom. The van der Waals surface area contributed by atoms with E-state index in [1.54, 1.807) is 19.3 Å². The average Bonchev–Trinajstić information content (AvgIpc) is 2.92. The van der Waals surface area contributed by atoms with Crippen LogP contribution in [0.4, 0.5) is 4.79 Å². The minimum absolute atomic E-state index is 0.247. The highest BCUT2D eigenvalue weighted by Gasteiger charge is 2.46. The molecule has 2 heterocycles. The van der Waals surface area contributed by atoms with Gasteiger partial charge in [-0.15, -0.1) is 0 Å². The number of nitrogens with zero attached hydrogens (tertiary/aromatic N) is 1. The van der Waals surface area contributed by atoms with E-state index in [0.29, 0.717) is 10.9 Å². The normalized spacial score (nSPS) is 20.9. The van der Waals surface area contributed by atoms with Gasteiger partial charge in [-0.3, -0.25) is 9.69 Å². The van der Waals surface area contributed by atoms with E-state index in [9.17, 15) is 9.59 Å². The molecule has 1 fully saturated rings. The summed E-state index contributed by atoms with van der Waals surface area (Å²) in [6.07, 6.45) is 2.50. The van der Waals surface area contributed by atoms with Gasteiger partial charge in [0.05, 0.1) is 25.7 Å².